The Bertz CT molecular complexity index is 1290. The molecule has 2 atom stereocenters. The summed E-state index contributed by atoms with van der Waals surface area (Å²) in [5.41, 5.74) is 2.81. The molecule has 2 aliphatic heterocycles. The number of ether oxygens (including phenoxy) is 2. The number of thioether (sulfide) groups is 1. The van der Waals surface area contributed by atoms with E-state index in [2.05, 4.69) is 5.32 Å². The molecule has 2 amide bonds. The molecule has 2 aliphatic rings. The number of rotatable bonds is 9. The average molecular weight is 529 g/mol. The Morgan fingerprint density at radius 3 is 2.11 bits per heavy atom. The van der Waals surface area contributed by atoms with Crippen LogP contribution in [0, 0.1) is 0 Å². The second-order valence-corrected chi connectivity index (χ2v) is 10.1. The molecule has 0 spiro atoms. The van der Waals surface area contributed by atoms with Gasteiger partial charge in [-0.2, -0.15) is 0 Å². The van der Waals surface area contributed by atoms with Crippen LogP contribution in [0.3, 0.4) is 0 Å². The van der Waals surface area contributed by atoms with Gasteiger partial charge in [0.25, 0.3) is 11.8 Å². The van der Waals surface area contributed by atoms with Gasteiger partial charge in [0.1, 0.15) is 22.9 Å². The molecule has 0 bridgehead atoms. The Labute approximate surface area is 225 Å². The summed E-state index contributed by atoms with van der Waals surface area (Å²) in [5, 5.41) is 2.39. The maximum absolute atomic E-state index is 13.7. The van der Waals surface area contributed by atoms with Crippen molar-refractivity contribution < 1.29 is 23.9 Å². The van der Waals surface area contributed by atoms with Crippen molar-refractivity contribution in [2.24, 2.45) is 0 Å². The summed E-state index contributed by atoms with van der Waals surface area (Å²) in [6.45, 7) is 1.76. The summed E-state index contributed by atoms with van der Waals surface area (Å²) in [6, 6.07) is 27.4. The average Bonchev–Trinajstić information content (AvgIpc) is 2.98. The van der Waals surface area contributed by atoms with Gasteiger partial charge < -0.3 is 14.8 Å². The van der Waals surface area contributed by atoms with Gasteiger partial charge in [-0.3, -0.25) is 14.5 Å². The number of nitrogens with zero attached hydrogens (tertiary/aromatic N) is 1. The monoisotopic (exact) mass is 528 g/mol. The van der Waals surface area contributed by atoms with E-state index >= 15 is 0 Å². The molecule has 3 aromatic rings. The first kappa shape index (κ1) is 25.6. The van der Waals surface area contributed by atoms with Crippen LogP contribution in [-0.4, -0.2) is 46.5 Å². The summed E-state index contributed by atoms with van der Waals surface area (Å²) in [4.78, 5) is 40.9. The molecule has 8 heteroatoms. The highest BCUT2D eigenvalue weighted by molar-refractivity contribution is 8.00. The van der Waals surface area contributed by atoms with E-state index in [0.717, 1.165) is 16.7 Å². The Balaban J connectivity index is 1.31. The maximum atomic E-state index is 13.7. The quantitative estimate of drug-likeness (QED) is 0.326. The van der Waals surface area contributed by atoms with Crippen LogP contribution in [0.5, 0.6) is 5.75 Å². The molecule has 1 N–H and O–H groups in total. The molecule has 1 saturated heterocycles. The Hall–Kier alpha value is -4.04. The number of carbonyl (C=O) groups excluding carboxylic acids is 3. The normalized spacial score (nSPS) is 18.5. The number of amides is 2. The molecule has 38 heavy (non-hydrogen) atoms. The van der Waals surface area contributed by atoms with Crippen molar-refractivity contribution in [1.29, 1.82) is 0 Å². The summed E-state index contributed by atoms with van der Waals surface area (Å²) in [5.74, 6) is -0.123. The molecule has 1 fully saturated rings. The largest absolute Gasteiger partial charge is 0.484 e. The fourth-order valence-electron chi connectivity index (χ4n) is 4.57. The van der Waals surface area contributed by atoms with Crippen molar-refractivity contribution in [1.82, 2.24) is 10.2 Å². The number of nitrogens with one attached hydrogen (secondary N) is 1. The van der Waals surface area contributed by atoms with Gasteiger partial charge in [0, 0.05) is 5.75 Å². The van der Waals surface area contributed by atoms with Crippen molar-refractivity contribution in [2.75, 3.05) is 12.4 Å². The highest BCUT2D eigenvalue weighted by Gasteiger charge is 2.54. The number of hydrogen-bond donors (Lipinski definition) is 1. The van der Waals surface area contributed by atoms with Gasteiger partial charge in [0.2, 0.25) is 0 Å². The van der Waals surface area contributed by atoms with Gasteiger partial charge in [-0.25, -0.2) is 4.79 Å². The van der Waals surface area contributed by atoms with Crippen molar-refractivity contribution in [3.05, 3.63) is 113 Å². The Morgan fingerprint density at radius 1 is 0.947 bits per heavy atom. The van der Waals surface area contributed by atoms with E-state index in [1.165, 1.54) is 16.7 Å². The summed E-state index contributed by atoms with van der Waals surface area (Å²) >= 11 is 1.53. The third kappa shape index (κ3) is 5.31. The minimum absolute atomic E-state index is 0.202. The fraction of sp³-hybridized carbons (Fsp3) is 0.233. The Kier molecular flexibility index (Phi) is 7.79. The highest BCUT2D eigenvalue weighted by Crippen LogP contribution is 2.42. The topological polar surface area (TPSA) is 84.9 Å². The van der Waals surface area contributed by atoms with Crippen molar-refractivity contribution in [3.63, 3.8) is 0 Å². The number of hydrogen-bond acceptors (Lipinski definition) is 6. The first-order valence-electron chi connectivity index (χ1n) is 12.5. The first-order chi connectivity index (χ1) is 18.6. The van der Waals surface area contributed by atoms with Crippen LogP contribution >= 0.6 is 11.8 Å². The maximum Gasteiger partial charge on any atom is 0.356 e. The number of β-lactam (4-membered cyclic amide) rings is 1. The van der Waals surface area contributed by atoms with Crippen molar-refractivity contribution in [3.8, 4) is 5.75 Å². The molecular weight excluding hydrogens is 500 g/mol. The lowest BCUT2D eigenvalue weighted by Gasteiger charge is -2.49. The van der Waals surface area contributed by atoms with Gasteiger partial charge in [0.15, 0.2) is 12.7 Å². The fourth-order valence-corrected chi connectivity index (χ4v) is 6.02. The molecule has 194 valence electrons. The van der Waals surface area contributed by atoms with E-state index in [4.69, 9.17) is 9.47 Å². The molecule has 1 unspecified atom stereocenters. The second-order valence-electron chi connectivity index (χ2n) is 8.97. The van der Waals surface area contributed by atoms with E-state index in [0.29, 0.717) is 17.9 Å². The van der Waals surface area contributed by atoms with Crippen LogP contribution < -0.4 is 10.1 Å². The van der Waals surface area contributed by atoms with Gasteiger partial charge in [0.05, 0.1) is 0 Å². The molecule has 0 aromatic heterocycles. The zero-order chi connectivity index (χ0) is 26.5. The third-order valence-electron chi connectivity index (χ3n) is 6.53. The van der Waals surface area contributed by atoms with Crippen LogP contribution in [0.4, 0.5) is 0 Å². The Morgan fingerprint density at radius 2 is 1.53 bits per heavy atom. The lowest BCUT2D eigenvalue weighted by molar-refractivity contribution is -0.154. The predicted octanol–water partition coefficient (Wildman–Crippen LogP) is 4.46. The van der Waals surface area contributed by atoms with Crippen molar-refractivity contribution in [2.45, 2.75) is 30.9 Å². The lowest BCUT2D eigenvalue weighted by atomic mass is 10.00. The second kappa shape index (κ2) is 11.6. The van der Waals surface area contributed by atoms with E-state index in [-0.39, 0.29) is 23.6 Å². The smallest absolute Gasteiger partial charge is 0.356 e. The van der Waals surface area contributed by atoms with Crippen LogP contribution in [0.2, 0.25) is 0 Å². The zero-order valence-electron chi connectivity index (χ0n) is 20.9. The molecule has 5 rings (SSSR count). The first-order valence-corrected chi connectivity index (χ1v) is 13.6. The summed E-state index contributed by atoms with van der Waals surface area (Å²) in [7, 11) is 0. The van der Waals surface area contributed by atoms with Crippen LogP contribution in [-0.2, 0) is 19.1 Å². The molecular formula is C30H28N2O5S. The number of para-hydroxylation sites is 1. The van der Waals surface area contributed by atoms with Gasteiger partial charge in [-0.1, -0.05) is 85.8 Å². The van der Waals surface area contributed by atoms with Crippen LogP contribution in [0.25, 0.3) is 0 Å². The molecule has 0 radical (unpaired) electrons. The van der Waals surface area contributed by atoms with Gasteiger partial charge >= 0.3 is 5.97 Å². The minimum atomic E-state index is -0.730. The minimum Gasteiger partial charge on any atom is -0.484 e. The van der Waals surface area contributed by atoms with Crippen LogP contribution in [0.1, 0.15) is 30.6 Å². The zero-order valence-corrected chi connectivity index (χ0v) is 21.7. The molecule has 2 heterocycles. The number of carbonyl (C=O) groups is 3. The number of esters is 1. The molecule has 0 aliphatic carbocycles. The SMILES string of the molecule is CCC1=C(C(=O)OC(c2ccccc2)c2ccccc2)N2C(=O)C(NC(=O)COc3ccccc3)[C@@H]2SC1. The van der Waals surface area contributed by atoms with E-state index in [1.54, 1.807) is 12.1 Å². The van der Waals surface area contributed by atoms with Crippen LogP contribution in [0.15, 0.2) is 102 Å². The number of benzene rings is 3. The van der Waals surface area contributed by atoms with E-state index in [1.807, 2.05) is 85.8 Å². The predicted molar refractivity (Wildman–Crippen MR) is 145 cm³/mol. The van der Waals surface area contributed by atoms with E-state index < -0.39 is 24.0 Å². The van der Waals surface area contributed by atoms with Gasteiger partial charge in [-0.15, -0.1) is 11.8 Å². The van der Waals surface area contributed by atoms with Crippen molar-refractivity contribution >= 4 is 29.5 Å². The number of fused-ring (bicyclic) bond motifs is 1. The summed E-state index contributed by atoms with van der Waals surface area (Å²) in [6.07, 6.45) is -0.0115. The van der Waals surface area contributed by atoms with E-state index in [9.17, 15) is 14.4 Å². The third-order valence-corrected chi connectivity index (χ3v) is 7.87. The molecule has 0 saturated carbocycles. The lowest BCUT2D eigenvalue weighted by Crippen LogP contribution is -2.70. The molecule has 3 aromatic carbocycles. The standard InChI is InChI=1S/C30H28N2O5S/c1-2-20-19-38-29-25(31-24(33)18-36-23-16-10-5-11-17-23)28(34)32(29)26(20)30(35)37-27(21-12-6-3-7-13-21)22-14-8-4-9-15-22/h3-17,25,27,29H,2,18-19H2,1H3,(H,31,33)/t25?,29-/m0/s1. The highest BCUT2D eigenvalue weighted by atomic mass is 32.2. The molecule has 7 nitrogen and oxygen atoms in total. The van der Waals surface area contributed by atoms with Gasteiger partial charge in [-0.05, 0) is 35.3 Å². The summed E-state index contributed by atoms with van der Waals surface area (Å²) < 4.78 is 11.6.